The van der Waals surface area contributed by atoms with Crippen molar-refractivity contribution in [2.45, 2.75) is 137 Å². The summed E-state index contributed by atoms with van der Waals surface area (Å²) in [7, 11) is 0. The molecule has 0 aliphatic carbocycles. The average molecular weight is 1300 g/mol. The quantitative estimate of drug-likeness (QED) is 0.0135. The molecule has 0 aromatic heterocycles. The topological polar surface area (TPSA) is 275 Å². The summed E-state index contributed by atoms with van der Waals surface area (Å²) in [6.07, 6.45) is 3.95. The second kappa shape index (κ2) is 39.4. The van der Waals surface area contributed by atoms with Crippen LogP contribution < -0.4 is 38.3 Å². The fourth-order valence-corrected chi connectivity index (χ4v) is 9.49. The van der Waals surface area contributed by atoms with Gasteiger partial charge in [0, 0.05) is 56.1 Å². The summed E-state index contributed by atoms with van der Waals surface area (Å²) in [5.41, 5.74) is 20.3. The minimum Gasteiger partial charge on any atom is -0.480 e. The molecule has 0 heterocycles. The number of aliphatic carboxylic acids is 1. The molecule has 0 saturated carbocycles. The first kappa shape index (κ1) is 74.8. The lowest BCUT2D eigenvalue weighted by molar-refractivity contribution is -0.143. The fraction of sp³-hybridized carbons (Fsp3) is 0.361. The average Bonchev–Trinajstić information content (AvgIpc) is 3.68. The summed E-state index contributed by atoms with van der Waals surface area (Å²) in [5, 5.41) is 14.7. The van der Waals surface area contributed by atoms with E-state index in [-0.39, 0.29) is 35.9 Å². The monoisotopic (exact) mass is 1300 g/mol. The molecule has 2 amide bonds. The SMILES string of the molecule is CC(C)C(C)NOS(=O)c1ccc(N)cc1.CSc1ccc(C(=O)Nc2ccc(S(=O)ONC(C(=O)O)C(C)C)cc2)cc1.CSc1ccc(C(=O)Nc2ccc(S(=O)ONC(C)C(C)C)cc2)cc1.Cc1ccc(S(=O)ONC(C)C(C)C)cc1. The largest absolute Gasteiger partial charge is 0.480 e. The van der Waals surface area contributed by atoms with Crippen molar-refractivity contribution in [1.29, 1.82) is 0 Å². The summed E-state index contributed by atoms with van der Waals surface area (Å²) in [6, 6.07) is 41.3. The molecule has 6 aromatic carbocycles. The van der Waals surface area contributed by atoms with Gasteiger partial charge in [0.1, 0.15) is 6.04 Å². The highest BCUT2D eigenvalue weighted by molar-refractivity contribution is 7.98. The first-order valence-electron chi connectivity index (χ1n) is 27.4. The molecule has 86 heavy (non-hydrogen) atoms. The summed E-state index contributed by atoms with van der Waals surface area (Å²) in [6.45, 7) is 23.7. The maximum atomic E-state index is 12.3. The van der Waals surface area contributed by atoms with E-state index in [1.165, 1.54) is 12.1 Å². The molecule has 470 valence electrons. The van der Waals surface area contributed by atoms with Gasteiger partial charge in [0.25, 0.3) is 11.8 Å². The molecule has 6 rings (SSSR count). The Bertz CT molecular complexity index is 3020. The predicted molar refractivity (Wildman–Crippen MR) is 349 cm³/mol. The normalized spacial score (nSPS) is 13.9. The molecule has 0 radical (unpaired) electrons. The van der Waals surface area contributed by atoms with Gasteiger partial charge in [0.2, 0.25) is 44.3 Å². The predicted octanol–water partition coefficient (Wildman–Crippen LogP) is 12.0. The summed E-state index contributed by atoms with van der Waals surface area (Å²) in [4.78, 5) is 39.9. The zero-order chi connectivity index (χ0) is 64.0. The molecule has 0 aliphatic rings. The van der Waals surface area contributed by atoms with Gasteiger partial charge in [-0.05, 0) is 197 Å². The van der Waals surface area contributed by atoms with Crippen LogP contribution in [-0.2, 0) is 66.3 Å². The van der Waals surface area contributed by atoms with Crippen LogP contribution in [0, 0.1) is 30.6 Å². The van der Waals surface area contributed by atoms with Crippen LogP contribution in [0.25, 0.3) is 0 Å². The maximum Gasteiger partial charge on any atom is 0.323 e. The molecule has 0 bridgehead atoms. The Morgan fingerprint density at radius 1 is 0.419 bits per heavy atom. The van der Waals surface area contributed by atoms with Crippen molar-refractivity contribution in [3.63, 3.8) is 0 Å². The van der Waals surface area contributed by atoms with Crippen LogP contribution in [0.15, 0.2) is 175 Å². The minimum atomic E-state index is -1.89. The fourth-order valence-electron chi connectivity index (χ4n) is 5.95. The number of nitrogens with one attached hydrogen (secondary N) is 6. The summed E-state index contributed by atoms with van der Waals surface area (Å²) < 4.78 is 68.0. The first-order valence-corrected chi connectivity index (χ1v) is 34.1. The lowest BCUT2D eigenvalue weighted by Gasteiger charge is -2.16. The molecule has 0 saturated heterocycles. The molecule has 8 unspecified atom stereocenters. The van der Waals surface area contributed by atoms with Crippen molar-refractivity contribution in [3.8, 4) is 0 Å². The van der Waals surface area contributed by atoms with E-state index in [1.54, 1.807) is 122 Å². The van der Waals surface area contributed by atoms with Gasteiger partial charge in [-0.1, -0.05) is 73.1 Å². The number of amides is 2. The molecule has 9 N–H and O–H groups in total. The third-order valence-corrected chi connectivity index (χ3v) is 17.8. The number of carbonyl (C=O) groups excluding carboxylic acids is 2. The number of thioether (sulfide) groups is 2. The van der Waals surface area contributed by atoms with E-state index in [0.29, 0.717) is 65.5 Å². The van der Waals surface area contributed by atoms with Crippen molar-refractivity contribution in [3.05, 3.63) is 162 Å². The highest BCUT2D eigenvalue weighted by Crippen LogP contribution is 2.21. The van der Waals surface area contributed by atoms with E-state index in [2.05, 4.69) is 74.1 Å². The third-order valence-electron chi connectivity index (χ3n) is 12.7. The Morgan fingerprint density at radius 3 is 0.965 bits per heavy atom. The van der Waals surface area contributed by atoms with E-state index < -0.39 is 56.3 Å². The number of carboxylic acid groups (broad SMARTS) is 1. The molecule has 0 aliphatic heterocycles. The van der Waals surface area contributed by atoms with Crippen LogP contribution in [0.3, 0.4) is 0 Å². The molecular weight excluding hydrogens is 1220 g/mol. The van der Waals surface area contributed by atoms with Gasteiger partial charge in [-0.3, -0.25) is 14.4 Å². The van der Waals surface area contributed by atoms with Crippen LogP contribution in [0.1, 0.15) is 102 Å². The van der Waals surface area contributed by atoms with E-state index in [4.69, 9.17) is 28.0 Å². The Labute approximate surface area is 526 Å². The van der Waals surface area contributed by atoms with Gasteiger partial charge in [0.05, 0.1) is 19.6 Å². The number of hydrogen-bond acceptors (Lipinski definition) is 18. The minimum absolute atomic E-state index is 0.0926. The Balaban J connectivity index is 0.000000310. The van der Waals surface area contributed by atoms with E-state index >= 15 is 0 Å². The smallest absolute Gasteiger partial charge is 0.323 e. The van der Waals surface area contributed by atoms with Crippen molar-refractivity contribution < 1.29 is 53.5 Å². The van der Waals surface area contributed by atoms with Gasteiger partial charge >= 0.3 is 5.97 Å². The molecule has 6 aromatic rings. The van der Waals surface area contributed by atoms with Gasteiger partial charge in [0.15, 0.2) is 0 Å². The van der Waals surface area contributed by atoms with Crippen LogP contribution in [0.5, 0.6) is 0 Å². The number of aryl methyl sites for hydroxylation is 1. The Hall–Kier alpha value is -5.49. The van der Waals surface area contributed by atoms with Gasteiger partial charge < -0.3 is 21.5 Å². The zero-order valence-corrected chi connectivity index (χ0v) is 55.8. The van der Waals surface area contributed by atoms with Crippen LogP contribution in [0.2, 0.25) is 0 Å². The van der Waals surface area contributed by atoms with Crippen LogP contribution >= 0.6 is 23.5 Å². The number of hydrogen-bond donors (Lipinski definition) is 8. The van der Waals surface area contributed by atoms with Crippen molar-refractivity contribution in [2.75, 3.05) is 28.9 Å². The lowest BCUT2D eigenvalue weighted by atomic mass is 10.1. The third kappa shape index (κ3) is 27.7. The first-order chi connectivity index (χ1) is 40.7. The maximum absolute atomic E-state index is 12.3. The van der Waals surface area contributed by atoms with Crippen molar-refractivity contribution >= 4 is 103 Å². The number of carbonyl (C=O) groups is 3. The van der Waals surface area contributed by atoms with Gasteiger partial charge in [-0.25, -0.2) is 16.8 Å². The van der Waals surface area contributed by atoms with E-state index in [9.17, 15) is 31.2 Å². The molecular formula is C61H83N7O12S6. The Morgan fingerprint density at radius 2 is 0.698 bits per heavy atom. The Kier molecular flexibility index (Phi) is 34.3. The highest BCUT2D eigenvalue weighted by atomic mass is 32.2. The van der Waals surface area contributed by atoms with E-state index in [1.807, 2.05) is 88.7 Å². The lowest BCUT2D eigenvalue weighted by Crippen LogP contribution is -2.41. The molecule has 0 fully saturated rings. The zero-order valence-electron chi connectivity index (χ0n) is 50.9. The number of hydroxylamine groups is 4. The van der Waals surface area contributed by atoms with Crippen molar-refractivity contribution in [1.82, 2.24) is 21.9 Å². The number of anilines is 3. The van der Waals surface area contributed by atoms with Gasteiger partial charge in [-0.2, -0.15) is 39.1 Å². The number of nitrogen functional groups attached to an aromatic ring is 1. The molecule has 19 nitrogen and oxygen atoms in total. The van der Waals surface area contributed by atoms with Gasteiger partial charge in [-0.15, -0.1) is 23.5 Å². The van der Waals surface area contributed by atoms with Crippen LogP contribution in [-0.4, -0.2) is 76.4 Å². The summed E-state index contributed by atoms with van der Waals surface area (Å²) in [5.74, 6) is -0.531. The number of carboxylic acids is 1. The standard InChI is InChI=1S/C19H22N2O5S2.C19H24N2O3S2.C12H19NO2S.C11H18N2O2S/c1-12(2)17(19(23)24)21-26-28(25)16-10-6-14(7-11-16)20-18(22)13-4-8-15(27-3)9-5-13;1-13(2)14(3)21-24-26(23)18-11-7-16(8-12-18)20-19(22)15-5-9-17(25-4)10-6-15;1-9(2)11(4)13-15-16(14)12-7-5-10(3)6-8-12;1-8(2)9(3)13-15-16(14)11-6-4-10(12)5-7-11/h4-12,17,21H,1-3H3,(H,20,22)(H,23,24);5-14,21H,1-4H3,(H,20,22);5-9,11,13H,1-4H3;4-9,13H,12H2,1-3H3. The summed E-state index contributed by atoms with van der Waals surface area (Å²) >= 11 is -3.21. The second-order valence-corrected chi connectivity index (χ2v) is 26.9. The number of rotatable bonds is 27. The molecule has 25 heteroatoms. The number of nitrogens with two attached hydrogens (primary N) is 1. The molecule has 0 spiro atoms. The van der Waals surface area contributed by atoms with Crippen molar-refractivity contribution in [2.24, 2.45) is 23.7 Å². The van der Waals surface area contributed by atoms with Crippen LogP contribution in [0.4, 0.5) is 17.1 Å². The number of benzene rings is 6. The molecule has 8 atom stereocenters. The highest BCUT2D eigenvalue weighted by Gasteiger charge is 2.23. The van der Waals surface area contributed by atoms with E-state index in [0.717, 1.165) is 15.4 Å². The second-order valence-electron chi connectivity index (χ2n) is 20.7.